The van der Waals surface area contributed by atoms with E-state index in [1.165, 1.54) is 24.8 Å². The predicted molar refractivity (Wildman–Crippen MR) is 135 cm³/mol. The van der Waals surface area contributed by atoms with E-state index in [1.807, 2.05) is 4.90 Å². The lowest BCUT2D eigenvalue weighted by Gasteiger charge is -2.51. The Labute approximate surface area is 202 Å². The minimum absolute atomic E-state index is 0.000946. The number of anilines is 1. The molecule has 7 nitrogen and oxygen atoms in total. The zero-order valence-corrected chi connectivity index (χ0v) is 20.5. The summed E-state index contributed by atoms with van der Waals surface area (Å²) in [6, 6.07) is 10.9. The Morgan fingerprint density at radius 2 is 1.76 bits per heavy atom. The summed E-state index contributed by atoms with van der Waals surface area (Å²) < 4.78 is 0. The smallest absolute Gasteiger partial charge is 0.317 e. The number of urea groups is 1. The summed E-state index contributed by atoms with van der Waals surface area (Å²) in [6.07, 6.45) is 11.3. The van der Waals surface area contributed by atoms with Gasteiger partial charge in [-0.1, -0.05) is 36.8 Å². The molecule has 180 valence electrons. The van der Waals surface area contributed by atoms with E-state index in [9.17, 15) is 4.79 Å². The lowest BCUT2D eigenvalue weighted by molar-refractivity contribution is 0.0172. The maximum Gasteiger partial charge on any atom is 0.327 e. The van der Waals surface area contributed by atoms with Crippen molar-refractivity contribution in [2.45, 2.75) is 62.6 Å². The van der Waals surface area contributed by atoms with Gasteiger partial charge in [0, 0.05) is 30.0 Å². The predicted octanol–water partition coefficient (Wildman–Crippen LogP) is 4.49. The Hall–Kier alpha value is -2.80. The first-order valence-corrected chi connectivity index (χ1v) is 12.5. The number of amides is 2. The first-order valence-electron chi connectivity index (χ1n) is 12.5. The molecule has 3 aliphatic rings. The van der Waals surface area contributed by atoms with Gasteiger partial charge < -0.3 is 4.90 Å². The van der Waals surface area contributed by atoms with Crippen LogP contribution in [0.1, 0.15) is 56.1 Å². The summed E-state index contributed by atoms with van der Waals surface area (Å²) in [7, 11) is 4.38. The third-order valence-electron chi connectivity index (χ3n) is 8.55. The number of aromatic nitrogens is 2. The fraction of sp³-hybridized carbons (Fsp3) is 0.556. The molecule has 5 rings (SSSR count). The Kier molecular flexibility index (Phi) is 6.15. The van der Waals surface area contributed by atoms with Crippen molar-refractivity contribution < 1.29 is 4.79 Å². The van der Waals surface area contributed by atoms with Gasteiger partial charge in [-0.05, 0) is 70.8 Å². The van der Waals surface area contributed by atoms with Crippen LogP contribution in [-0.4, -0.2) is 65.2 Å². The number of carbonyl (C=O) groups is 1. The van der Waals surface area contributed by atoms with Crippen LogP contribution in [0.3, 0.4) is 0 Å². The normalized spacial score (nSPS) is 27.4. The second kappa shape index (κ2) is 9.10. The van der Waals surface area contributed by atoms with Crippen LogP contribution in [0.5, 0.6) is 0 Å². The Balaban J connectivity index is 1.43. The van der Waals surface area contributed by atoms with Crippen LogP contribution in [0.4, 0.5) is 10.7 Å². The average molecular weight is 461 g/mol. The van der Waals surface area contributed by atoms with Crippen molar-refractivity contribution in [1.29, 1.82) is 0 Å². The zero-order valence-electron chi connectivity index (χ0n) is 20.5. The third kappa shape index (κ3) is 3.90. The summed E-state index contributed by atoms with van der Waals surface area (Å²) in [5, 5.41) is 0. The highest BCUT2D eigenvalue weighted by Crippen LogP contribution is 2.49. The van der Waals surface area contributed by atoms with Crippen LogP contribution < -0.4 is 4.90 Å². The van der Waals surface area contributed by atoms with E-state index >= 15 is 0 Å². The van der Waals surface area contributed by atoms with Crippen molar-refractivity contribution in [3.8, 4) is 0 Å². The van der Waals surface area contributed by atoms with E-state index in [2.05, 4.69) is 75.9 Å². The minimum atomic E-state index is -0.161. The molecule has 1 spiro atoms. The topological polar surface area (TPSA) is 64.9 Å². The lowest BCUT2D eigenvalue weighted by atomic mass is 9.68. The van der Waals surface area contributed by atoms with Gasteiger partial charge >= 0.3 is 6.03 Å². The molecule has 0 atom stereocenters. The molecule has 1 aliphatic heterocycles. The molecular weight excluding hydrogens is 424 g/mol. The van der Waals surface area contributed by atoms with Crippen LogP contribution in [0, 0.1) is 5.92 Å². The lowest BCUT2D eigenvalue weighted by Crippen LogP contribution is -2.56. The number of hydrogen-bond acceptors (Lipinski definition) is 5. The Bertz CT molecular complexity index is 1010. The summed E-state index contributed by atoms with van der Waals surface area (Å²) in [5.74, 6) is 1.12. The molecule has 34 heavy (non-hydrogen) atoms. The van der Waals surface area contributed by atoms with Gasteiger partial charge in [0.05, 0.1) is 18.6 Å². The highest BCUT2D eigenvalue weighted by atomic mass is 16.2. The molecule has 2 aliphatic carbocycles. The molecule has 0 radical (unpaired) electrons. The maximum atomic E-state index is 13.8. The molecule has 2 heterocycles. The van der Waals surface area contributed by atoms with Gasteiger partial charge in [-0.25, -0.2) is 14.8 Å². The summed E-state index contributed by atoms with van der Waals surface area (Å²) in [4.78, 5) is 33.1. The van der Waals surface area contributed by atoms with E-state index in [-0.39, 0.29) is 17.1 Å². The zero-order chi connectivity index (χ0) is 23.8. The van der Waals surface area contributed by atoms with Crippen molar-refractivity contribution in [2.24, 2.45) is 10.9 Å². The van der Waals surface area contributed by atoms with Crippen LogP contribution >= 0.6 is 0 Å². The molecule has 1 aromatic carbocycles. The summed E-state index contributed by atoms with van der Waals surface area (Å²) >= 11 is 0. The maximum absolute atomic E-state index is 13.8. The number of aliphatic imine (C=N–C) groups is 1. The molecule has 2 saturated carbocycles. The number of carbonyl (C=O) groups excluding carboxylic acids is 1. The van der Waals surface area contributed by atoms with Gasteiger partial charge in [0.15, 0.2) is 0 Å². The molecule has 1 aromatic heterocycles. The number of benzene rings is 1. The van der Waals surface area contributed by atoms with Crippen LogP contribution in [0.25, 0.3) is 0 Å². The average Bonchev–Trinajstić information content (AvgIpc) is 3.09. The van der Waals surface area contributed by atoms with Crippen LogP contribution in [0.2, 0.25) is 0 Å². The van der Waals surface area contributed by atoms with E-state index in [4.69, 9.17) is 0 Å². The van der Waals surface area contributed by atoms with E-state index in [0.717, 1.165) is 37.8 Å². The highest BCUT2D eigenvalue weighted by molar-refractivity contribution is 5.93. The van der Waals surface area contributed by atoms with Gasteiger partial charge in [0.2, 0.25) is 5.95 Å². The molecule has 1 saturated heterocycles. The molecule has 3 fully saturated rings. The molecular formula is C27H36N6O. The largest absolute Gasteiger partial charge is 0.327 e. The minimum Gasteiger partial charge on any atom is -0.317 e. The Morgan fingerprint density at radius 1 is 1.09 bits per heavy atom. The molecule has 7 heteroatoms. The van der Waals surface area contributed by atoms with Crippen molar-refractivity contribution >= 4 is 18.7 Å². The number of rotatable bonds is 7. The van der Waals surface area contributed by atoms with Gasteiger partial charge in [-0.2, -0.15) is 0 Å². The van der Waals surface area contributed by atoms with Crippen molar-refractivity contribution in [2.75, 3.05) is 32.1 Å². The van der Waals surface area contributed by atoms with Crippen LogP contribution in [0.15, 0.2) is 47.7 Å². The Morgan fingerprint density at radius 3 is 2.32 bits per heavy atom. The highest BCUT2D eigenvalue weighted by Gasteiger charge is 2.55. The molecule has 2 aromatic rings. The SMILES string of the molecule is C=NCc1cnc(N2CC3(CCC(c4ccccc4)(N(C)C)CC3)N(CC3CCC3)C2=O)nc1. The second-order valence-corrected chi connectivity index (χ2v) is 10.6. The summed E-state index contributed by atoms with van der Waals surface area (Å²) in [5.41, 5.74) is 2.12. The second-order valence-electron chi connectivity index (χ2n) is 10.6. The van der Waals surface area contributed by atoms with E-state index in [0.29, 0.717) is 25.0 Å². The van der Waals surface area contributed by atoms with Gasteiger partial charge in [0.1, 0.15) is 0 Å². The van der Waals surface area contributed by atoms with E-state index < -0.39 is 0 Å². The monoisotopic (exact) mass is 460 g/mol. The summed E-state index contributed by atoms with van der Waals surface area (Å²) in [6.45, 7) is 5.54. The van der Waals surface area contributed by atoms with Crippen molar-refractivity contribution in [3.63, 3.8) is 0 Å². The van der Waals surface area contributed by atoms with Gasteiger partial charge in [-0.15, -0.1) is 0 Å². The van der Waals surface area contributed by atoms with E-state index in [1.54, 1.807) is 12.4 Å². The fourth-order valence-electron chi connectivity index (χ4n) is 6.16. The standard InChI is InChI=1S/C27H36N6O/c1-28-16-22-17-29-24(30-18-22)32-20-26(33(25(32)34)19-21-8-7-9-21)12-14-27(15-13-26,31(2)3)23-10-5-4-6-11-23/h4-6,10-11,17-18,21H,1,7-9,12-16,19-20H2,2-3H3. The van der Waals surface area contributed by atoms with Crippen molar-refractivity contribution in [1.82, 2.24) is 19.8 Å². The molecule has 2 amide bonds. The first-order chi connectivity index (χ1) is 16.5. The van der Waals surface area contributed by atoms with Gasteiger partial charge in [0.25, 0.3) is 0 Å². The molecule has 0 bridgehead atoms. The molecule has 0 unspecified atom stereocenters. The number of nitrogens with zero attached hydrogens (tertiary/aromatic N) is 6. The first kappa shape index (κ1) is 23.0. The fourth-order valence-corrected chi connectivity index (χ4v) is 6.16. The van der Waals surface area contributed by atoms with Gasteiger partial charge in [-0.3, -0.25) is 14.8 Å². The third-order valence-corrected chi connectivity index (χ3v) is 8.55. The quantitative estimate of drug-likeness (QED) is 0.571. The van der Waals surface area contributed by atoms with Crippen molar-refractivity contribution in [3.05, 3.63) is 53.9 Å². The molecule has 0 N–H and O–H groups in total. The van der Waals surface area contributed by atoms with Crippen LogP contribution in [-0.2, 0) is 12.1 Å². The number of hydrogen-bond donors (Lipinski definition) is 0.